The molecule has 0 unspecified atom stereocenters. The minimum absolute atomic E-state index is 0.187. The summed E-state index contributed by atoms with van der Waals surface area (Å²) < 4.78 is 15.1. The van der Waals surface area contributed by atoms with Crippen molar-refractivity contribution in [1.82, 2.24) is 14.8 Å². The summed E-state index contributed by atoms with van der Waals surface area (Å²) in [6, 6.07) is 7.52. The smallest absolute Gasteiger partial charge is 0.404 e. The molecule has 7 nitrogen and oxygen atoms in total. The highest BCUT2D eigenvalue weighted by Gasteiger charge is 2.27. The fraction of sp³-hybridized carbons (Fsp3) is 0.444. The molecule has 0 spiro atoms. The van der Waals surface area contributed by atoms with Gasteiger partial charge in [0.05, 0.1) is 11.6 Å². The highest BCUT2D eigenvalue weighted by molar-refractivity contribution is 5.78. The largest absolute Gasteiger partial charge is 0.465 e. The third-order valence-corrected chi connectivity index (χ3v) is 4.89. The van der Waals surface area contributed by atoms with Gasteiger partial charge >= 0.3 is 6.09 Å². The van der Waals surface area contributed by atoms with Crippen molar-refractivity contribution in [2.45, 2.75) is 19.1 Å². The number of carboxylic acid groups (broad SMARTS) is 1. The quantitative estimate of drug-likeness (QED) is 0.739. The minimum atomic E-state index is -1.11. The highest BCUT2D eigenvalue weighted by atomic mass is 19.1. The second-order valence-electron chi connectivity index (χ2n) is 6.63. The lowest BCUT2D eigenvalue weighted by Crippen LogP contribution is -2.48. The lowest BCUT2D eigenvalue weighted by Gasteiger charge is -2.36. The molecular formula is C18H22FN3O4. The van der Waals surface area contributed by atoms with Crippen LogP contribution in [0.5, 0.6) is 0 Å². The predicted molar refractivity (Wildman–Crippen MR) is 94.7 cm³/mol. The van der Waals surface area contributed by atoms with E-state index in [9.17, 15) is 19.1 Å². The number of piperidine rings is 1. The van der Waals surface area contributed by atoms with Crippen molar-refractivity contribution in [2.75, 3.05) is 26.2 Å². The molecule has 0 aliphatic carbocycles. The SMILES string of the molecule is O=C(O)NC[C@H]1CN(CCn2c(=O)ccc3ccc(F)cc32)CC[C@H]1O. The number of nitrogens with zero attached hydrogens (tertiary/aromatic N) is 2. The van der Waals surface area contributed by atoms with E-state index >= 15 is 0 Å². The predicted octanol–water partition coefficient (Wildman–Crippen LogP) is 1.09. The number of benzene rings is 1. The van der Waals surface area contributed by atoms with Crippen LogP contribution in [0.4, 0.5) is 9.18 Å². The summed E-state index contributed by atoms with van der Waals surface area (Å²) in [5, 5.41) is 21.9. The maximum atomic E-state index is 13.6. The van der Waals surface area contributed by atoms with Crippen LogP contribution in [-0.4, -0.2) is 58.1 Å². The molecule has 3 rings (SSSR count). The van der Waals surface area contributed by atoms with Gasteiger partial charge in [0.15, 0.2) is 0 Å². The molecule has 1 aromatic carbocycles. The number of likely N-dealkylation sites (tertiary alicyclic amines) is 1. The zero-order chi connectivity index (χ0) is 18.7. The third-order valence-electron chi connectivity index (χ3n) is 4.89. The summed E-state index contributed by atoms with van der Waals surface area (Å²) in [6.07, 6.45) is -1.11. The van der Waals surface area contributed by atoms with Crippen molar-refractivity contribution >= 4 is 17.0 Å². The van der Waals surface area contributed by atoms with Gasteiger partial charge in [-0.2, -0.15) is 0 Å². The second kappa shape index (κ2) is 7.84. The Labute approximate surface area is 149 Å². The maximum absolute atomic E-state index is 13.6. The lowest BCUT2D eigenvalue weighted by atomic mass is 9.94. The number of aliphatic hydroxyl groups is 1. The molecule has 1 fully saturated rings. The summed E-state index contributed by atoms with van der Waals surface area (Å²) in [5.41, 5.74) is 0.364. The van der Waals surface area contributed by atoms with Crippen molar-refractivity contribution in [1.29, 1.82) is 0 Å². The third kappa shape index (κ3) is 4.20. The van der Waals surface area contributed by atoms with Crippen LogP contribution in [0.3, 0.4) is 0 Å². The number of hydrogen-bond donors (Lipinski definition) is 3. The first-order valence-electron chi connectivity index (χ1n) is 8.60. The number of hydrogen-bond acceptors (Lipinski definition) is 4. The van der Waals surface area contributed by atoms with E-state index in [4.69, 9.17) is 5.11 Å². The Balaban J connectivity index is 1.70. The molecule has 0 bridgehead atoms. The van der Waals surface area contributed by atoms with E-state index in [1.54, 1.807) is 16.7 Å². The minimum Gasteiger partial charge on any atom is -0.465 e. The van der Waals surface area contributed by atoms with Crippen molar-refractivity contribution in [3.05, 3.63) is 46.5 Å². The molecular weight excluding hydrogens is 341 g/mol. The van der Waals surface area contributed by atoms with Crippen molar-refractivity contribution in [3.63, 3.8) is 0 Å². The van der Waals surface area contributed by atoms with Crippen molar-refractivity contribution in [2.24, 2.45) is 5.92 Å². The number of pyridine rings is 1. The van der Waals surface area contributed by atoms with Crippen molar-refractivity contribution < 1.29 is 19.4 Å². The monoisotopic (exact) mass is 363 g/mol. The van der Waals surface area contributed by atoms with Crippen LogP contribution in [0.15, 0.2) is 35.1 Å². The van der Waals surface area contributed by atoms with Gasteiger partial charge in [0.1, 0.15) is 5.82 Å². The summed E-state index contributed by atoms with van der Waals surface area (Å²) >= 11 is 0. The number of aliphatic hydroxyl groups excluding tert-OH is 1. The normalized spacial score (nSPS) is 21.0. The van der Waals surface area contributed by atoms with Crippen LogP contribution in [0.1, 0.15) is 6.42 Å². The number of fused-ring (bicyclic) bond motifs is 1. The van der Waals surface area contributed by atoms with E-state index in [2.05, 4.69) is 10.2 Å². The van der Waals surface area contributed by atoms with Crippen LogP contribution < -0.4 is 10.9 Å². The number of amides is 1. The average molecular weight is 363 g/mol. The number of rotatable bonds is 5. The van der Waals surface area contributed by atoms with Gasteiger partial charge < -0.3 is 25.0 Å². The Bertz CT molecular complexity index is 854. The molecule has 3 N–H and O–H groups in total. The van der Waals surface area contributed by atoms with Crippen LogP contribution >= 0.6 is 0 Å². The van der Waals surface area contributed by atoms with Gasteiger partial charge in [0, 0.05) is 44.7 Å². The first-order valence-corrected chi connectivity index (χ1v) is 8.60. The lowest BCUT2D eigenvalue weighted by molar-refractivity contribution is 0.0263. The van der Waals surface area contributed by atoms with Gasteiger partial charge in [-0.25, -0.2) is 9.18 Å². The maximum Gasteiger partial charge on any atom is 0.404 e. The van der Waals surface area contributed by atoms with Crippen LogP contribution in [0.25, 0.3) is 10.9 Å². The first-order chi connectivity index (χ1) is 12.4. The number of carbonyl (C=O) groups is 1. The topological polar surface area (TPSA) is 94.8 Å². The second-order valence-corrected chi connectivity index (χ2v) is 6.63. The van der Waals surface area contributed by atoms with Crippen LogP contribution in [0, 0.1) is 11.7 Å². The van der Waals surface area contributed by atoms with E-state index in [0.29, 0.717) is 38.1 Å². The van der Waals surface area contributed by atoms with Gasteiger partial charge in [-0.05, 0) is 36.1 Å². The molecule has 1 aromatic heterocycles. The fourth-order valence-corrected chi connectivity index (χ4v) is 3.45. The van der Waals surface area contributed by atoms with Crippen LogP contribution in [0.2, 0.25) is 0 Å². The first kappa shape index (κ1) is 18.3. The van der Waals surface area contributed by atoms with E-state index in [1.807, 2.05) is 0 Å². The summed E-state index contributed by atoms with van der Waals surface area (Å²) in [6.45, 7) is 2.35. The average Bonchev–Trinajstić information content (AvgIpc) is 2.60. The molecule has 2 heterocycles. The fourth-order valence-electron chi connectivity index (χ4n) is 3.45. The Morgan fingerprint density at radius 3 is 2.81 bits per heavy atom. The Morgan fingerprint density at radius 1 is 1.27 bits per heavy atom. The Hall–Kier alpha value is -2.45. The molecule has 26 heavy (non-hydrogen) atoms. The molecule has 1 aliphatic rings. The van der Waals surface area contributed by atoms with Crippen LogP contribution in [-0.2, 0) is 6.54 Å². The van der Waals surface area contributed by atoms with Gasteiger partial charge in [-0.15, -0.1) is 0 Å². The van der Waals surface area contributed by atoms with Gasteiger partial charge in [0.25, 0.3) is 5.56 Å². The molecule has 0 radical (unpaired) electrons. The van der Waals surface area contributed by atoms with Gasteiger partial charge in [0.2, 0.25) is 0 Å². The van der Waals surface area contributed by atoms with E-state index in [0.717, 1.165) is 5.39 Å². The molecule has 0 saturated carbocycles. The Morgan fingerprint density at radius 2 is 2.04 bits per heavy atom. The molecule has 2 atom stereocenters. The summed E-state index contributed by atoms with van der Waals surface area (Å²) in [7, 11) is 0. The molecule has 2 aromatic rings. The molecule has 1 aliphatic heterocycles. The zero-order valence-electron chi connectivity index (χ0n) is 14.3. The molecule has 8 heteroatoms. The van der Waals surface area contributed by atoms with E-state index in [1.165, 1.54) is 18.2 Å². The summed E-state index contributed by atoms with van der Waals surface area (Å²) in [4.78, 5) is 25.0. The Kier molecular flexibility index (Phi) is 5.53. The molecule has 1 saturated heterocycles. The van der Waals surface area contributed by atoms with Gasteiger partial charge in [-0.3, -0.25) is 4.79 Å². The molecule has 140 valence electrons. The van der Waals surface area contributed by atoms with Crippen molar-refractivity contribution in [3.8, 4) is 0 Å². The zero-order valence-corrected chi connectivity index (χ0v) is 14.3. The highest BCUT2D eigenvalue weighted by Crippen LogP contribution is 2.18. The number of aromatic nitrogens is 1. The number of halogens is 1. The summed E-state index contributed by atoms with van der Waals surface area (Å²) in [5.74, 6) is -0.584. The van der Waals surface area contributed by atoms with E-state index in [-0.39, 0.29) is 18.0 Å². The molecule has 1 amide bonds. The van der Waals surface area contributed by atoms with E-state index < -0.39 is 18.0 Å². The standard InChI is InChI=1S/C18H22FN3O4/c19-14-3-1-12-2-4-17(24)22(15(12)9-14)8-7-21-6-5-16(23)13(11-21)10-20-18(25)26/h1-4,9,13,16,20,23H,5-8,10-11H2,(H,25,26)/t13-,16+/m0/s1. The van der Waals surface area contributed by atoms with Gasteiger partial charge in [-0.1, -0.05) is 0 Å². The number of nitrogens with one attached hydrogen (secondary N) is 1.